The lowest BCUT2D eigenvalue weighted by Gasteiger charge is -2.37. The molecule has 0 radical (unpaired) electrons. The van der Waals surface area contributed by atoms with Gasteiger partial charge in [-0.05, 0) is 35.0 Å². The Morgan fingerprint density at radius 1 is 1.04 bits per heavy atom. The minimum Gasteiger partial charge on any atom is -0.493 e. The Morgan fingerprint density at radius 2 is 1.82 bits per heavy atom. The third kappa shape index (κ3) is 4.18. The maximum atomic E-state index is 9.60. The van der Waals surface area contributed by atoms with E-state index in [2.05, 4.69) is 49.5 Å². The standard InChI is InChI=1S/C20H25N7O/c1-25-11-13-26(14-12-25)19(17-7-8-18(28)21-15-17)20-22-23-24-27(20)10-9-16-5-3-2-4-6-16/h2-8,15,19H,9-14H2,1H3,(H,21,28). The average Bonchev–Trinajstić information content (AvgIpc) is 3.18. The smallest absolute Gasteiger partial charge is 0.210 e. The molecule has 0 saturated carbocycles. The normalized spacial score (nSPS) is 16.9. The van der Waals surface area contributed by atoms with Gasteiger partial charge in [0.2, 0.25) is 5.88 Å². The highest BCUT2D eigenvalue weighted by atomic mass is 16.3. The topological polar surface area (TPSA) is 83.2 Å². The maximum Gasteiger partial charge on any atom is 0.210 e. The monoisotopic (exact) mass is 379 g/mol. The first kappa shape index (κ1) is 18.5. The van der Waals surface area contributed by atoms with Gasteiger partial charge in [-0.3, -0.25) is 4.90 Å². The van der Waals surface area contributed by atoms with Crippen LogP contribution in [-0.4, -0.2) is 73.3 Å². The van der Waals surface area contributed by atoms with E-state index in [-0.39, 0.29) is 11.9 Å². The van der Waals surface area contributed by atoms with Crippen molar-refractivity contribution in [2.24, 2.45) is 0 Å². The number of aromatic nitrogens is 5. The molecule has 1 atom stereocenters. The van der Waals surface area contributed by atoms with Crippen LogP contribution in [0.15, 0.2) is 48.7 Å². The molecule has 1 aliphatic heterocycles. The van der Waals surface area contributed by atoms with Gasteiger partial charge in [0.05, 0.1) is 6.04 Å². The zero-order valence-corrected chi connectivity index (χ0v) is 16.0. The molecule has 0 aliphatic carbocycles. The van der Waals surface area contributed by atoms with Crippen molar-refractivity contribution in [3.05, 3.63) is 65.6 Å². The minimum atomic E-state index is -0.0902. The molecule has 0 spiro atoms. The minimum absolute atomic E-state index is 0.0181. The van der Waals surface area contributed by atoms with Crippen molar-refractivity contribution in [2.45, 2.75) is 19.0 Å². The van der Waals surface area contributed by atoms with Crippen LogP contribution < -0.4 is 0 Å². The van der Waals surface area contributed by atoms with E-state index in [4.69, 9.17) is 0 Å². The third-order valence-electron chi connectivity index (χ3n) is 5.25. The maximum absolute atomic E-state index is 9.60. The van der Waals surface area contributed by atoms with Gasteiger partial charge in [-0.1, -0.05) is 36.4 Å². The predicted molar refractivity (Wildman–Crippen MR) is 105 cm³/mol. The molecule has 8 heteroatoms. The molecule has 8 nitrogen and oxygen atoms in total. The lowest BCUT2D eigenvalue weighted by Crippen LogP contribution is -2.46. The van der Waals surface area contributed by atoms with Gasteiger partial charge in [-0.2, -0.15) is 0 Å². The number of benzene rings is 1. The molecular formula is C20H25N7O. The lowest BCUT2D eigenvalue weighted by atomic mass is 10.1. The largest absolute Gasteiger partial charge is 0.493 e. The van der Waals surface area contributed by atoms with Crippen LogP contribution in [0.1, 0.15) is 23.0 Å². The number of aromatic hydroxyl groups is 1. The van der Waals surface area contributed by atoms with Gasteiger partial charge in [0.25, 0.3) is 0 Å². The summed E-state index contributed by atoms with van der Waals surface area (Å²) in [4.78, 5) is 8.79. The molecule has 3 heterocycles. The highest BCUT2D eigenvalue weighted by Gasteiger charge is 2.30. The van der Waals surface area contributed by atoms with Crippen molar-refractivity contribution in [3.8, 4) is 5.88 Å². The molecule has 1 fully saturated rings. The van der Waals surface area contributed by atoms with Crippen LogP contribution in [0.2, 0.25) is 0 Å². The van der Waals surface area contributed by atoms with Gasteiger partial charge in [0.1, 0.15) is 0 Å². The van der Waals surface area contributed by atoms with Crippen molar-refractivity contribution in [1.29, 1.82) is 0 Å². The van der Waals surface area contributed by atoms with Crippen molar-refractivity contribution >= 4 is 0 Å². The average molecular weight is 379 g/mol. The Balaban J connectivity index is 1.61. The zero-order valence-electron chi connectivity index (χ0n) is 16.0. The van der Waals surface area contributed by atoms with Gasteiger partial charge in [-0.25, -0.2) is 9.67 Å². The molecule has 0 amide bonds. The van der Waals surface area contributed by atoms with Crippen LogP contribution in [0.4, 0.5) is 0 Å². The summed E-state index contributed by atoms with van der Waals surface area (Å²) >= 11 is 0. The summed E-state index contributed by atoms with van der Waals surface area (Å²) in [6.07, 6.45) is 2.58. The molecule has 1 aliphatic rings. The Bertz CT molecular complexity index is 873. The summed E-state index contributed by atoms with van der Waals surface area (Å²) in [6.45, 7) is 4.55. The lowest BCUT2D eigenvalue weighted by molar-refractivity contribution is 0.121. The predicted octanol–water partition coefficient (Wildman–Crippen LogP) is 1.35. The number of hydrogen-bond donors (Lipinski definition) is 1. The fourth-order valence-corrected chi connectivity index (χ4v) is 3.61. The summed E-state index contributed by atoms with van der Waals surface area (Å²) < 4.78 is 1.89. The molecular weight excluding hydrogens is 354 g/mol. The number of hydrogen-bond acceptors (Lipinski definition) is 7. The molecule has 1 aromatic carbocycles. The van der Waals surface area contributed by atoms with E-state index in [9.17, 15) is 5.11 Å². The first-order valence-corrected chi connectivity index (χ1v) is 9.58. The van der Waals surface area contributed by atoms with Gasteiger partial charge >= 0.3 is 0 Å². The van der Waals surface area contributed by atoms with Crippen LogP contribution in [0.3, 0.4) is 0 Å². The Hall–Kier alpha value is -2.84. The quantitative estimate of drug-likeness (QED) is 0.692. The van der Waals surface area contributed by atoms with Crippen LogP contribution in [0.25, 0.3) is 0 Å². The van der Waals surface area contributed by atoms with Gasteiger partial charge in [0, 0.05) is 45.0 Å². The van der Waals surface area contributed by atoms with E-state index >= 15 is 0 Å². The molecule has 146 valence electrons. The summed E-state index contributed by atoms with van der Waals surface area (Å²) in [5, 5.41) is 22.2. The number of rotatable bonds is 6. The van der Waals surface area contributed by atoms with E-state index in [1.807, 2.05) is 28.9 Å². The summed E-state index contributed by atoms with van der Waals surface area (Å²) in [5.41, 5.74) is 2.24. The number of aryl methyl sites for hydroxylation is 2. The summed E-state index contributed by atoms with van der Waals surface area (Å²) in [5.74, 6) is 0.831. The molecule has 0 bridgehead atoms. The Kier molecular flexibility index (Phi) is 5.59. The number of tetrazole rings is 1. The highest BCUT2D eigenvalue weighted by molar-refractivity contribution is 5.25. The van der Waals surface area contributed by atoms with Crippen LogP contribution in [0.5, 0.6) is 5.88 Å². The van der Waals surface area contributed by atoms with E-state index < -0.39 is 0 Å². The van der Waals surface area contributed by atoms with E-state index in [0.717, 1.165) is 44.0 Å². The first-order chi connectivity index (χ1) is 13.7. The van der Waals surface area contributed by atoms with Crippen molar-refractivity contribution in [2.75, 3.05) is 33.2 Å². The molecule has 1 saturated heterocycles. The van der Waals surface area contributed by atoms with Gasteiger partial charge in [0.15, 0.2) is 5.82 Å². The fourth-order valence-electron chi connectivity index (χ4n) is 3.61. The molecule has 3 aromatic rings. The second-order valence-electron chi connectivity index (χ2n) is 7.19. The van der Waals surface area contributed by atoms with Crippen molar-refractivity contribution < 1.29 is 5.11 Å². The van der Waals surface area contributed by atoms with E-state index in [1.54, 1.807) is 12.3 Å². The van der Waals surface area contributed by atoms with E-state index in [0.29, 0.717) is 6.54 Å². The van der Waals surface area contributed by atoms with Crippen molar-refractivity contribution in [3.63, 3.8) is 0 Å². The molecule has 4 rings (SSSR count). The van der Waals surface area contributed by atoms with Crippen LogP contribution >= 0.6 is 0 Å². The molecule has 1 N–H and O–H groups in total. The first-order valence-electron chi connectivity index (χ1n) is 9.58. The van der Waals surface area contributed by atoms with Crippen LogP contribution in [0, 0.1) is 0 Å². The number of nitrogens with zero attached hydrogens (tertiary/aromatic N) is 7. The highest BCUT2D eigenvalue weighted by Crippen LogP contribution is 2.28. The van der Waals surface area contributed by atoms with Gasteiger partial charge < -0.3 is 10.0 Å². The van der Waals surface area contributed by atoms with E-state index in [1.165, 1.54) is 5.56 Å². The number of pyridine rings is 1. The second-order valence-corrected chi connectivity index (χ2v) is 7.19. The third-order valence-corrected chi connectivity index (χ3v) is 5.25. The Labute approximate surface area is 164 Å². The summed E-state index contributed by atoms with van der Waals surface area (Å²) in [6, 6.07) is 13.8. The molecule has 1 unspecified atom stereocenters. The molecule has 2 aromatic heterocycles. The Morgan fingerprint density at radius 3 is 2.54 bits per heavy atom. The number of piperazine rings is 1. The number of likely N-dealkylation sites (N-methyl/N-ethyl adjacent to an activating group) is 1. The SMILES string of the molecule is CN1CCN(C(c2ccc(O)nc2)c2nnnn2CCc2ccccc2)CC1. The van der Waals surface area contributed by atoms with Gasteiger partial charge in [-0.15, -0.1) is 5.10 Å². The second kappa shape index (κ2) is 8.45. The molecule has 28 heavy (non-hydrogen) atoms. The van der Waals surface area contributed by atoms with Crippen LogP contribution in [-0.2, 0) is 13.0 Å². The van der Waals surface area contributed by atoms with Crippen molar-refractivity contribution in [1.82, 2.24) is 35.0 Å². The fraction of sp³-hybridized carbons (Fsp3) is 0.400. The summed E-state index contributed by atoms with van der Waals surface area (Å²) in [7, 11) is 2.14. The zero-order chi connectivity index (χ0) is 19.3.